The van der Waals surface area contributed by atoms with E-state index in [1.165, 1.54) is 4.90 Å². The predicted octanol–water partition coefficient (Wildman–Crippen LogP) is 3.86. The van der Waals surface area contributed by atoms with Gasteiger partial charge in [-0.25, -0.2) is 8.42 Å². The molecule has 7 nitrogen and oxygen atoms in total. The van der Waals surface area contributed by atoms with Gasteiger partial charge < -0.3 is 10.2 Å². The maximum Gasteiger partial charge on any atom is 0.244 e. The predicted molar refractivity (Wildman–Crippen MR) is 135 cm³/mol. The molecule has 33 heavy (non-hydrogen) atoms. The first-order valence-electron chi connectivity index (χ1n) is 10.8. The van der Waals surface area contributed by atoms with Crippen LogP contribution in [0.4, 0.5) is 5.69 Å². The number of aryl methyl sites for hydroxylation is 1. The van der Waals surface area contributed by atoms with E-state index in [1.54, 1.807) is 25.1 Å². The second-order valence-electron chi connectivity index (χ2n) is 8.25. The Morgan fingerprint density at radius 2 is 1.73 bits per heavy atom. The van der Waals surface area contributed by atoms with Crippen molar-refractivity contribution >= 4 is 43.5 Å². The van der Waals surface area contributed by atoms with E-state index in [1.807, 2.05) is 51.1 Å². The molecule has 0 aliphatic rings. The van der Waals surface area contributed by atoms with Crippen LogP contribution in [0.5, 0.6) is 0 Å². The Morgan fingerprint density at radius 1 is 1.09 bits per heavy atom. The van der Waals surface area contributed by atoms with Crippen molar-refractivity contribution in [3.8, 4) is 0 Å². The maximum atomic E-state index is 13.5. The molecule has 0 bridgehead atoms. The first kappa shape index (κ1) is 26.9. The first-order chi connectivity index (χ1) is 15.4. The fraction of sp³-hybridized carbons (Fsp3) is 0.417. The number of sulfonamides is 1. The monoisotopic (exact) mass is 537 g/mol. The number of amides is 2. The summed E-state index contributed by atoms with van der Waals surface area (Å²) in [4.78, 5) is 27.7. The lowest BCUT2D eigenvalue weighted by atomic mass is 10.1. The summed E-state index contributed by atoms with van der Waals surface area (Å²) in [5.74, 6) is -0.743. The van der Waals surface area contributed by atoms with Crippen LogP contribution in [0.3, 0.4) is 0 Å². The number of anilines is 1. The number of nitrogens with zero attached hydrogens (tertiary/aromatic N) is 2. The van der Waals surface area contributed by atoms with Crippen LogP contribution < -0.4 is 9.62 Å². The highest BCUT2D eigenvalue weighted by molar-refractivity contribution is 9.10. The molecule has 0 aromatic heterocycles. The minimum absolute atomic E-state index is 0.0376. The van der Waals surface area contributed by atoms with Gasteiger partial charge in [0.1, 0.15) is 12.6 Å². The molecular weight excluding hydrogens is 506 g/mol. The normalized spacial score (nSPS) is 13.2. The molecule has 9 heteroatoms. The zero-order chi connectivity index (χ0) is 24.8. The van der Waals surface area contributed by atoms with Gasteiger partial charge in [-0.2, -0.15) is 0 Å². The van der Waals surface area contributed by atoms with Gasteiger partial charge >= 0.3 is 0 Å². The fourth-order valence-electron chi connectivity index (χ4n) is 3.23. The van der Waals surface area contributed by atoms with Gasteiger partial charge in [0.15, 0.2) is 0 Å². The summed E-state index contributed by atoms with van der Waals surface area (Å²) in [6, 6.07) is 13.6. The van der Waals surface area contributed by atoms with Crippen molar-refractivity contribution in [2.45, 2.75) is 52.7 Å². The van der Waals surface area contributed by atoms with Crippen LogP contribution in [-0.4, -0.2) is 50.0 Å². The molecule has 2 atom stereocenters. The Morgan fingerprint density at radius 3 is 2.27 bits per heavy atom. The van der Waals surface area contributed by atoms with Crippen LogP contribution in [0, 0.1) is 6.92 Å². The van der Waals surface area contributed by atoms with Crippen molar-refractivity contribution in [1.29, 1.82) is 0 Å². The summed E-state index contributed by atoms with van der Waals surface area (Å²) in [6.07, 6.45) is 1.83. The third-order valence-electron chi connectivity index (χ3n) is 5.40. The van der Waals surface area contributed by atoms with Crippen LogP contribution in [-0.2, 0) is 26.2 Å². The molecule has 0 fully saturated rings. The van der Waals surface area contributed by atoms with Gasteiger partial charge in [-0.3, -0.25) is 13.9 Å². The molecule has 0 radical (unpaired) electrons. The Balaban J connectivity index is 2.37. The second kappa shape index (κ2) is 11.7. The Bertz CT molecular complexity index is 1070. The van der Waals surface area contributed by atoms with Gasteiger partial charge in [0.25, 0.3) is 0 Å². The summed E-state index contributed by atoms with van der Waals surface area (Å²) < 4.78 is 27.1. The number of hydrogen-bond acceptors (Lipinski definition) is 4. The van der Waals surface area contributed by atoms with E-state index < -0.39 is 28.5 Å². The lowest BCUT2D eigenvalue weighted by Crippen LogP contribution is -2.52. The van der Waals surface area contributed by atoms with Gasteiger partial charge in [0, 0.05) is 17.1 Å². The van der Waals surface area contributed by atoms with E-state index in [9.17, 15) is 18.0 Å². The zero-order valence-corrected chi connectivity index (χ0v) is 22.1. The molecule has 0 unspecified atom stereocenters. The molecule has 0 aliphatic carbocycles. The van der Waals surface area contributed by atoms with Crippen molar-refractivity contribution in [3.05, 3.63) is 64.1 Å². The SMILES string of the molecule is CC[C@@H](C)NC(=O)[C@H](C)N(Cc1ccc(Br)cc1)C(=O)CN(c1cccc(C)c1)S(C)(=O)=O. The Labute approximate surface area is 205 Å². The smallest absolute Gasteiger partial charge is 0.244 e. The summed E-state index contributed by atoms with van der Waals surface area (Å²) in [7, 11) is -3.73. The quantitative estimate of drug-likeness (QED) is 0.498. The third-order valence-corrected chi connectivity index (χ3v) is 7.07. The number of rotatable bonds is 10. The molecule has 0 saturated carbocycles. The number of halogens is 1. The van der Waals surface area contributed by atoms with Gasteiger partial charge in [0.05, 0.1) is 11.9 Å². The number of carbonyl (C=O) groups excluding carboxylic acids is 2. The fourth-order valence-corrected chi connectivity index (χ4v) is 4.34. The van der Waals surface area contributed by atoms with Crippen LogP contribution in [0.1, 0.15) is 38.3 Å². The van der Waals surface area contributed by atoms with Gasteiger partial charge in [-0.1, -0.05) is 47.1 Å². The molecule has 2 rings (SSSR count). The Hall–Kier alpha value is -2.39. The minimum atomic E-state index is -3.73. The van der Waals surface area contributed by atoms with E-state index in [2.05, 4.69) is 21.2 Å². The van der Waals surface area contributed by atoms with E-state index >= 15 is 0 Å². The van der Waals surface area contributed by atoms with Gasteiger partial charge in [-0.15, -0.1) is 0 Å². The van der Waals surface area contributed by atoms with Crippen molar-refractivity contribution in [2.75, 3.05) is 17.1 Å². The van der Waals surface area contributed by atoms with Gasteiger partial charge in [0.2, 0.25) is 21.8 Å². The summed E-state index contributed by atoms with van der Waals surface area (Å²) >= 11 is 3.40. The average molecular weight is 539 g/mol. The molecule has 2 aromatic carbocycles. The number of nitrogens with one attached hydrogen (secondary N) is 1. The molecule has 0 heterocycles. The summed E-state index contributed by atoms with van der Waals surface area (Å²) in [5.41, 5.74) is 2.11. The molecule has 2 amide bonds. The van der Waals surface area contributed by atoms with Crippen LogP contribution in [0.15, 0.2) is 53.0 Å². The standard InChI is InChI=1S/C24H32BrN3O4S/c1-6-18(3)26-24(30)19(4)27(15-20-10-12-21(25)13-11-20)23(29)16-28(33(5,31)32)22-9-7-8-17(2)14-22/h7-14,18-19H,6,15-16H2,1-5H3,(H,26,30)/t18-,19+/m1/s1. The highest BCUT2D eigenvalue weighted by Gasteiger charge is 2.30. The second-order valence-corrected chi connectivity index (χ2v) is 11.1. The lowest BCUT2D eigenvalue weighted by molar-refractivity contribution is -0.139. The van der Waals surface area contributed by atoms with Crippen LogP contribution in [0.2, 0.25) is 0 Å². The molecule has 0 aliphatic heterocycles. The van der Waals surface area contributed by atoms with Gasteiger partial charge in [-0.05, 0) is 62.6 Å². The molecular formula is C24H32BrN3O4S. The molecule has 0 spiro atoms. The number of hydrogen-bond donors (Lipinski definition) is 1. The summed E-state index contributed by atoms with van der Waals surface area (Å²) in [6.45, 7) is 7.14. The third kappa shape index (κ3) is 7.85. The van der Waals surface area contributed by atoms with Crippen molar-refractivity contribution in [3.63, 3.8) is 0 Å². The van der Waals surface area contributed by atoms with Crippen molar-refractivity contribution in [1.82, 2.24) is 10.2 Å². The average Bonchev–Trinajstić information content (AvgIpc) is 2.75. The molecule has 2 aromatic rings. The lowest BCUT2D eigenvalue weighted by Gasteiger charge is -2.32. The minimum Gasteiger partial charge on any atom is -0.352 e. The number of benzene rings is 2. The van der Waals surface area contributed by atoms with Crippen molar-refractivity contribution < 1.29 is 18.0 Å². The van der Waals surface area contributed by atoms with E-state index in [4.69, 9.17) is 0 Å². The molecule has 180 valence electrons. The van der Waals surface area contributed by atoms with E-state index in [-0.39, 0.29) is 18.5 Å². The number of carbonyl (C=O) groups is 2. The topological polar surface area (TPSA) is 86.8 Å². The van der Waals surface area contributed by atoms with Crippen molar-refractivity contribution in [2.24, 2.45) is 0 Å². The molecule has 1 N–H and O–H groups in total. The molecule has 0 saturated heterocycles. The Kier molecular flexibility index (Phi) is 9.48. The maximum absolute atomic E-state index is 13.5. The summed E-state index contributed by atoms with van der Waals surface area (Å²) in [5, 5.41) is 2.91. The highest BCUT2D eigenvalue weighted by Crippen LogP contribution is 2.20. The van der Waals surface area contributed by atoms with E-state index in [0.29, 0.717) is 5.69 Å². The first-order valence-corrected chi connectivity index (χ1v) is 13.4. The highest BCUT2D eigenvalue weighted by atomic mass is 79.9. The van der Waals surface area contributed by atoms with Crippen LogP contribution >= 0.6 is 15.9 Å². The van der Waals surface area contributed by atoms with E-state index in [0.717, 1.165) is 32.6 Å². The van der Waals surface area contributed by atoms with Crippen LogP contribution in [0.25, 0.3) is 0 Å². The largest absolute Gasteiger partial charge is 0.352 e. The zero-order valence-electron chi connectivity index (χ0n) is 19.7.